The maximum Gasteiger partial charge on any atom is 0.481 e. The second-order valence-corrected chi connectivity index (χ2v) is 20.0. The Morgan fingerprint density at radius 3 is 2.31 bits per heavy atom. The fourth-order valence-electron chi connectivity index (χ4n) is 10.6. The molecule has 3 aliphatic carbocycles. The first-order valence-electron chi connectivity index (χ1n) is 24.5. The Labute approximate surface area is 400 Å². The third kappa shape index (κ3) is 11.8. The molecular weight excluding hydrogens is 871 g/mol. The number of likely N-dealkylation sites (N-methyl/N-ethyl adjacent to an activating group) is 1. The van der Waals surface area contributed by atoms with Crippen molar-refractivity contribution >= 4 is 42.6 Å². The molecule has 68 heavy (non-hydrogen) atoms. The number of amides is 6. The molecule has 4 fully saturated rings. The lowest BCUT2D eigenvalue weighted by Crippen LogP contribution is -2.65. The number of benzene rings is 2. The molecule has 1 saturated heterocycles. The predicted molar refractivity (Wildman–Crippen MR) is 256 cm³/mol. The summed E-state index contributed by atoms with van der Waals surface area (Å²) in [4.78, 5) is 83.8. The van der Waals surface area contributed by atoms with E-state index >= 15 is 0 Å². The van der Waals surface area contributed by atoms with E-state index in [1.807, 2.05) is 0 Å². The number of phenols is 2. The molecule has 2 aliphatic heterocycles. The van der Waals surface area contributed by atoms with Crippen molar-refractivity contribution in [3.05, 3.63) is 47.5 Å². The second-order valence-electron chi connectivity index (χ2n) is 20.0. The number of hydrogen-bond donors (Lipinski definition) is 9. The van der Waals surface area contributed by atoms with Gasteiger partial charge < -0.3 is 62.5 Å². The molecule has 18 nitrogen and oxygen atoms in total. The highest BCUT2D eigenvalue weighted by molar-refractivity contribution is 6.47. The van der Waals surface area contributed by atoms with Crippen LogP contribution in [-0.4, -0.2) is 114 Å². The summed E-state index contributed by atoms with van der Waals surface area (Å²) in [6, 6.07) is 4.90. The molecule has 3 saturated carbocycles. The maximum absolute atomic E-state index is 14.5. The van der Waals surface area contributed by atoms with Crippen molar-refractivity contribution < 1.29 is 48.3 Å². The highest BCUT2D eigenvalue weighted by Gasteiger charge is 2.68. The number of aromatic hydroxyl groups is 2. The number of nitrogens with two attached hydrogens (primary N) is 2. The minimum absolute atomic E-state index is 0.0681. The zero-order valence-corrected chi connectivity index (χ0v) is 40.5. The van der Waals surface area contributed by atoms with Crippen LogP contribution >= 0.6 is 0 Å². The van der Waals surface area contributed by atoms with E-state index in [0.29, 0.717) is 43.2 Å². The van der Waals surface area contributed by atoms with E-state index in [4.69, 9.17) is 20.8 Å². The van der Waals surface area contributed by atoms with Gasteiger partial charge in [-0.2, -0.15) is 0 Å². The molecule has 7 rings (SSSR count). The molecule has 0 aromatic heterocycles. The molecule has 0 spiro atoms. The van der Waals surface area contributed by atoms with Gasteiger partial charge in [0.2, 0.25) is 29.5 Å². The van der Waals surface area contributed by atoms with E-state index in [2.05, 4.69) is 54.3 Å². The summed E-state index contributed by atoms with van der Waals surface area (Å²) >= 11 is 0. The minimum atomic E-state index is -1.71. The molecule has 372 valence electrons. The number of fused-ring (bicyclic) bond motifs is 5. The first-order chi connectivity index (χ1) is 32.3. The lowest BCUT2D eigenvalue weighted by molar-refractivity contribution is -0.199. The maximum atomic E-state index is 14.5. The van der Waals surface area contributed by atoms with Crippen LogP contribution in [-0.2, 0) is 44.5 Å². The molecule has 6 amide bonds. The van der Waals surface area contributed by atoms with Gasteiger partial charge in [0.25, 0.3) is 5.91 Å². The largest absolute Gasteiger partial charge is 0.507 e. The molecule has 0 unspecified atom stereocenters. The van der Waals surface area contributed by atoms with Gasteiger partial charge in [0, 0.05) is 44.0 Å². The number of rotatable bonds is 19. The van der Waals surface area contributed by atoms with Gasteiger partial charge in [-0.05, 0) is 112 Å². The van der Waals surface area contributed by atoms with E-state index in [1.54, 1.807) is 19.1 Å². The summed E-state index contributed by atoms with van der Waals surface area (Å²) in [5, 5.41) is 36.1. The van der Waals surface area contributed by atoms with Crippen molar-refractivity contribution in [2.75, 3.05) is 20.1 Å². The predicted octanol–water partition coefficient (Wildman–Crippen LogP) is 2.96. The smallest absolute Gasteiger partial charge is 0.481 e. The number of unbranched alkanes of at least 4 members (excludes halogenated alkanes) is 5. The molecule has 11 N–H and O–H groups in total. The molecule has 0 radical (unpaired) electrons. The van der Waals surface area contributed by atoms with Crippen molar-refractivity contribution in [3.8, 4) is 22.6 Å². The molecule has 19 heteroatoms. The average Bonchev–Trinajstić information content (AvgIpc) is 3.66. The number of carbonyl (C=O) groups excluding carboxylic acids is 6. The average molecular weight is 945 g/mol. The SMILES string of the molecule is CCCCCCCC(=O)NCCC(=O)N[C@@H](CCCCN)C(=O)N(C)[C@@H]1C(=O)N[C@@H](N)C(=O)N[C@H](C(=O)N[C@@H](C)B2O[C@@H]3C[C@@H]4C[C@@H](C4(C)C)[C@]3(C)O2)Cc2ccc(O)c(c2)-c2cc1ccc2O. The van der Waals surface area contributed by atoms with E-state index in [0.717, 1.165) is 49.8 Å². The van der Waals surface area contributed by atoms with Crippen LogP contribution in [0.3, 0.4) is 0 Å². The Bertz CT molecular complexity index is 2180. The van der Waals surface area contributed by atoms with Gasteiger partial charge >= 0.3 is 7.12 Å². The van der Waals surface area contributed by atoms with Gasteiger partial charge in [0.1, 0.15) is 29.6 Å². The monoisotopic (exact) mass is 945 g/mol. The molecule has 2 aromatic rings. The number of hydrogen-bond acceptors (Lipinski definition) is 12. The fraction of sp³-hybridized carbons (Fsp3) is 0.633. The highest BCUT2D eigenvalue weighted by atomic mass is 16.7. The summed E-state index contributed by atoms with van der Waals surface area (Å²) in [6.45, 7) is 10.9. The summed E-state index contributed by atoms with van der Waals surface area (Å²) in [5.41, 5.74) is 12.7. The Morgan fingerprint density at radius 1 is 0.897 bits per heavy atom. The molecule has 6 bridgehead atoms. The number of nitrogens with one attached hydrogen (secondary N) is 5. The fourth-order valence-corrected chi connectivity index (χ4v) is 10.6. The van der Waals surface area contributed by atoms with Gasteiger partial charge in [-0.3, -0.25) is 28.8 Å². The number of nitrogens with zero attached hydrogens (tertiary/aromatic N) is 1. The van der Waals surface area contributed by atoms with Crippen LogP contribution in [0, 0.1) is 17.3 Å². The van der Waals surface area contributed by atoms with Crippen LogP contribution in [0.2, 0.25) is 0 Å². The lowest BCUT2D eigenvalue weighted by atomic mass is 9.43. The first kappa shape index (κ1) is 52.1. The van der Waals surface area contributed by atoms with Crippen LogP contribution in [0.25, 0.3) is 11.1 Å². The highest BCUT2D eigenvalue weighted by Crippen LogP contribution is 2.65. The van der Waals surface area contributed by atoms with E-state index in [1.165, 1.54) is 31.3 Å². The van der Waals surface area contributed by atoms with Crippen molar-refractivity contribution in [1.82, 2.24) is 31.5 Å². The van der Waals surface area contributed by atoms with E-state index in [-0.39, 0.29) is 71.4 Å². The quantitative estimate of drug-likeness (QED) is 0.0727. The zero-order valence-electron chi connectivity index (χ0n) is 40.5. The molecule has 9 atom stereocenters. The van der Waals surface area contributed by atoms with Crippen molar-refractivity contribution in [3.63, 3.8) is 0 Å². The van der Waals surface area contributed by atoms with Crippen LogP contribution < -0.4 is 38.1 Å². The standard InChI is InChI=1S/C49H73BN8O10/c1-7-8-9-10-11-15-40(61)53-22-20-41(62)55-34(14-12-13-21-51)47(66)58(6)42-30-17-19-37(60)33(25-30)32-23-29(16-18-36(32)59)24-35(56-46(65)43(52)57-45(42)64)44(63)54-28(2)50-67-39-27-31-26-38(48(31,3)4)49(39,5)68-50/h16-19,23,25,28,31,34-35,38-39,42-43,59-60H,7-15,20-22,24,26-27,51-52H2,1-6H3,(H,53,61)(H,54,63)(H,55,62)(H,56,65)(H,57,64)/t28-,31-,34-,35-,38-,39+,42-,43+,49-/m0/s1. The minimum Gasteiger partial charge on any atom is -0.507 e. The van der Waals surface area contributed by atoms with Crippen LogP contribution in [0.15, 0.2) is 36.4 Å². The van der Waals surface area contributed by atoms with Crippen LogP contribution in [0.1, 0.15) is 129 Å². The van der Waals surface area contributed by atoms with Gasteiger partial charge in [0.05, 0.1) is 17.6 Å². The van der Waals surface area contributed by atoms with Crippen molar-refractivity contribution in [2.24, 2.45) is 28.7 Å². The Hall–Kier alpha value is -5.24. The third-order valence-electron chi connectivity index (χ3n) is 14.8. The van der Waals surface area contributed by atoms with Gasteiger partial charge in [-0.25, -0.2) is 0 Å². The summed E-state index contributed by atoms with van der Waals surface area (Å²) < 4.78 is 13.0. The summed E-state index contributed by atoms with van der Waals surface area (Å²) in [7, 11) is 0.621. The number of carbonyl (C=O) groups is 6. The van der Waals surface area contributed by atoms with Gasteiger partial charge in [-0.15, -0.1) is 0 Å². The summed E-state index contributed by atoms with van der Waals surface area (Å²) in [5.74, 6) is -3.95. The molecule has 2 aromatic carbocycles. The second kappa shape index (κ2) is 22.5. The normalized spacial score (nSPS) is 25.9. The Kier molecular flexibility index (Phi) is 17.2. The van der Waals surface area contributed by atoms with Gasteiger partial charge in [-0.1, -0.05) is 58.6 Å². The van der Waals surface area contributed by atoms with Crippen LogP contribution in [0.4, 0.5) is 0 Å². The zero-order chi connectivity index (χ0) is 49.5. The Balaban J connectivity index is 1.21. The topological polar surface area (TPSA) is 277 Å². The van der Waals surface area contributed by atoms with E-state index < -0.39 is 72.5 Å². The molecule has 5 aliphatic rings. The lowest BCUT2D eigenvalue weighted by Gasteiger charge is -2.64. The van der Waals surface area contributed by atoms with Crippen LogP contribution in [0.5, 0.6) is 11.5 Å². The van der Waals surface area contributed by atoms with E-state index in [9.17, 15) is 39.0 Å². The molecule has 2 heterocycles. The third-order valence-corrected chi connectivity index (χ3v) is 14.8. The molecular formula is C49H73BN8O10. The Morgan fingerprint density at radius 2 is 1.60 bits per heavy atom. The van der Waals surface area contributed by atoms with Crippen molar-refractivity contribution in [1.29, 1.82) is 0 Å². The number of phenolic OH excluding ortho intramolecular Hbond substituents is 2. The first-order valence-corrected chi connectivity index (χ1v) is 24.5. The summed E-state index contributed by atoms with van der Waals surface area (Å²) in [6.07, 6.45) is 6.44. The van der Waals surface area contributed by atoms with Gasteiger partial charge in [0.15, 0.2) is 6.17 Å². The van der Waals surface area contributed by atoms with Crippen molar-refractivity contribution in [2.45, 2.75) is 160 Å².